The van der Waals surface area contributed by atoms with Crippen LogP contribution in [0.3, 0.4) is 0 Å². The van der Waals surface area contributed by atoms with E-state index >= 15 is 0 Å². The van der Waals surface area contributed by atoms with Gasteiger partial charge in [-0.15, -0.1) is 0 Å². The molecule has 0 unspecified atom stereocenters. The van der Waals surface area contributed by atoms with E-state index in [1.165, 1.54) is 12.8 Å². The number of carbonyl (C=O) groups excluding carboxylic acids is 1. The molecule has 7 heteroatoms. The van der Waals surface area contributed by atoms with Crippen LogP contribution >= 0.6 is 0 Å². The van der Waals surface area contributed by atoms with Crippen molar-refractivity contribution in [3.63, 3.8) is 0 Å². The Morgan fingerprint density at radius 3 is 3.09 bits per heavy atom. The van der Waals surface area contributed by atoms with E-state index in [2.05, 4.69) is 19.8 Å². The Morgan fingerprint density at radius 2 is 2.32 bits per heavy atom. The van der Waals surface area contributed by atoms with Crippen LogP contribution in [0.25, 0.3) is 0 Å². The van der Waals surface area contributed by atoms with Gasteiger partial charge in [0, 0.05) is 52.2 Å². The first-order chi connectivity index (χ1) is 10.8. The molecule has 0 saturated carbocycles. The summed E-state index contributed by atoms with van der Waals surface area (Å²) >= 11 is 0. The average Bonchev–Trinajstić information content (AvgIpc) is 3.02. The SMILES string of the molecule is COCC(=O)NC[C@H]1CN(C2CCOCC2)Cc2cncn21. The van der Waals surface area contributed by atoms with Crippen LogP contribution in [0.1, 0.15) is 24.6 Å². The number of nitrogens with zero attached hydrogens (tertiary/aromatic N) is 3. The van der Waals surface area contributed by atoms with E-state index in [1.54, 1.807) is 0 Å². The summed E-state index contributed by atoms with van der Waals surface area (Å²) in [6.07, 6.45) is 5.95. The van der Waals surface area contributed by atoms with Gasteiger partial charge >= 0.3 is 0 Å². The lowest BCUT2D eigenvalue weighted by Gasteiger charge is -2.40. The Morgan fingerprint density at radius 1 is 1.50 bits per heavy atom. The summed E-state index contributed by atoms with van der Waals surface area (Å²) in [5.74, 6) is -0.0765. The van der Waals surface area contributed by atoms with Crippen LogP contribution in [0.2, 0.25) is 0 Å². The second-order valence-corrected chi connectivity index (χ2v) is 5.96. The molecular weight excluding hydrogens is 284 g/mol. The fraction of sp³-hybridized carbons (Fsp3) is 0.733. The molecule has 1 fully saturated rings. The molecule has 122 valence electrons. The minimum Gasteiger partial charge on any atom is -0.381 e. The zero-order valence-electron chi connectivity index (χ0n) is 13.0. The van der Waals surface area contributed by atoms with Crippen LogP contribution in [0.4, 0.5) is 0 Å². The van der Waals surface area contributed by atoms with Crippen molar-refractivity contribution in [3.8, 4) is 0 Å². The van der Waals surface area contributed by atoms with Crippen molar-refractivity contribution >= 4 is 5.91 Å². The molecule has 7 nitrogen and oxygen atoms in total. The highest BCUT2D eigenvalue weighted by Crippen LogP contribution is 2.25. The normalized spacial score (nSPS) is 23.2. The van der Waals surface area contributed by atoms with Crippen LogP contribution in [0.15, 0.2) is 12.5 Å². The maximum absolute atomic E-state index is 11.6. The van der Waals surface area contributed by atoms with Crippen LogP contribution in [-0.4, -0.2) is 66.4 Å². The summed E-state index contributed by atoms with van der Waals surface area (Å²) in [6.45, 7) is 4.25. The molecule has 0 aliphatic carbocycles. The second-order valence-electron chi connectivity index (χ2n) is 5.96. The number of methoxy groups -OCH3 is 1. The molecule has 22 heavy (non-hydrogen) atoms. The predicted molar refractivity (Wildman–Crippen MR) is 80.4 cm³/mol. The molecule has 1 N–H and O–H groups in total. The number of imidazole rings is 1. The van der Waals surface area contributed by atoms with E-state index < -0.39 is 0 Å². The van der Waals surface area contributed by atoms with Gasteiger partial charge < -0.3 is 19.4 Å². The second kappa shape index (κ2) is 7.21. The first-order valence-electron chi connectivity index (χ1n) is 7.86. The van der Waals surface area contributed by atoms with Crippen molar-refractivity contribution in [3.05, 3.63) is 18.2 Å². The third kappa shape index (κ3) is 3.48. The molecule has 2 aliphatic heterocycles. The molecule has 0 radical (unpaired) electrons. The Balaban J connectivity index is 1.65. The Bertz CT molecular complexity index is 499. The highest BCUT2D eigenvalue weighted by Gasteiger charge is 2.30. The van der Waals surface area contributed by atoms with Gasteiger partial charge in [0.15, 0.2) is 0 Å². The highest BCUT2D eigenvalue weighted by molar-refractivity contribution is 5.77. The monoisotopic (exact) mass is 308 g/mol. The van der Waals surface area contributed by atoms with Crippen LogP contribution in [0, 0.1) is 0 Å². The number of ether oxygens (including phenoxy) is 2. The zero-order chi connectivity index (χ0) is 15.4. The van der Waals surface area contributed by atoms with E-state index in [-0.39, 0.29) is 18.6 Å². The largest absolute Gasteiger partial charge is 0.381 e. The van der Waals surface area contributed by atoms with Crippen molar-refractivity contribution < 1.29 is 14.3 Å². The number of fused-ring (bicyclic) bond motifs is 1. The quantitative estimate of drug-likeness (QED) is 0.840. The summed E-state index contributed by atoms with van der Waals surface area (Å²) in [6, 6.07) is 0.782. The van der Waals surface area contributed by atoms with Gasteiger partial charge in [0.1, 0.15) is 6.61 Å². The summed E-state index contributed by atoms with van der Waals surface area (Å²) in [5, 5.41) is 2.94. The molecular formula is C15H24N4O3. The number of rotatable bonds is 5. The topological polar surface area (TPSA) is 68.6 Å². The molecule has 1 aromatic heterocycles. The lowest BCUT2D eigenvalue weighted by Crippen LogP contribution is -2.48. The summed E-state index contributed by atoms with van der Waals surface area (Å²) in [5.41, 5.74) is 1.21. The molecule has 3 rings (SSSR count). The van der Waals surface area contributed by atoms with Gasteiger partial charge in [0.25, 0.3) is 0 Å². The zero-order valence-corrected chi connectivity index (χ0v) is 13.0. The van der Waals surface area contributed by atoms with E-state index in [4.69, 9.17) is 9.47 Å². The van der Waals surface area contributed by atoms with Gasteiger partial charge in [-0.25, -0.2) is 4.98 Å². The Kier molecular flexibility index (Phi) is 5.07. The average molecular weight is 308 g/mol. The summed E-state index contributed by atoms with van der Waals surface area (Å²) in [7, 11) is 1.53. The van der Waals surface area contributed by atoms with Crippen LogP contribution in [-0.2, 0) is 20.8 Å². The molecule has 3 heterocycles. The maximum Gasteiger partial charge on any atom is 0.246 e. The van der Waals surface area contributed by atoms with Crippen molar-refractivity contribution in [1.82, 2.24) is 19.8 Å². The third-order valence-corrected chi connectivity index (χ3v) is 4.47. The first kappa shape index (κ1) is 15.5. The lowest BCUT2D eigenvalue weighted by molar-refractivity contribution is -0.124. The number of nitrogens with one attached hydrogen (secondary N) is 1. The number of hydrogen-bond donors (Lipinski definition) is 1. The first-order valence-corrected chi connectivity index (χ1v) is 7.86. The van der Waals surface area contributed by atoms with Gasteiger partial charge in [0.2, 0.25) is 5.91 Å². The van der Waals surface area contributed by atoms with Gasteiger partial charge in [0.05, 0.1) is 18.1 Å². The van der Waals surface area contributed by atoms with Crippen LogP contribution in [0.5, 0.6) is 0 Å². The van der Waals surface area contributed by atoms with Crippen molar-refractivity contribution in [1.29, 1.82) is 0 Å². The number of hydrogen-bond acceptors (Lipinski definition) is 5. The Labute approximate surface area is 130 Å². The standard InChI is InChI=1S/C15H24N4O3/c1-21-10-15(20)17-7-14-9-18(12-2-4-22-5-3-12)8-13-6-16-11-19(13)14/h6,11-12,14H,2-5,7-10H2,1H3,(H,17,20)/t14-/m0/s1. The molecule has 1 aromatic rings. The minimum atomic E-state index is -0.0765. The minimum absolute atomic E-state index is 0.0765. The predicted octanol–water partition coefficient (Wildman–Crippen LogP) is 0.181. The van der Waals surface area contributed by atoms with Gasteiger partial charge in [-0.1, -0.05) is 0 Å². The summed E-state index contributed by atoms with van der Waals surface area (Å²) < 4.78 is 12.5. The fourth-order valence-corrected chi connectivity index (χ4v) is 3.32. The molecule has 0 aromatic carbocycles. The van der Waals surface area contributed by atoms with Crippen molar-refractivity contribution in [2.45, 2.75) is 31.5 Å². The lowest BCUT2D eigenvalue weighted by atomic mass is 10.0. The number of amides is 1. The van der Waals surface area contributed by atoms with Crippen molar-refractivity contribution in [2.75, 3.05) is 40.0 Å². The molecule has 0 spiro atoms. The molecule has 0 bridgehead atoms. The van der Waals surface area contributed by atoms with E-state index in [0.29, 0.717) is 12.6 Å². The van der Waals surface area contributed by atoms with E-state index in [9.17, 15) is 4.79 Å². The smallest absolute Gasteiger partial charge is 0.246 e. The Hall–Kier alpha value is -1.44. The van der Waals surface area contributed by atoms with Gasteiger partial charge in [-0.3, -0.25) is 9.69 Å². The number of carbonyl (C=O) groups is 1. The number of aromatic nitrogens is 2. The summed E-state index contributed by atoms with van der Waals surface area (Å²) in [4.78, 5) is 18.4. The maximum atomic E-state index is 11.6. The fourth-order valence-electron chi connectivity index (χ4n) is 3.32. The molecule has 1 saturated heterocycles. The molecule has 2 aliphatic rings. The van der Waals surface area contributed by atoms with E-state index in [0.717, 1.165) is 39.1 Å². The van der Waals surface area contributed by atoms with Crippen LogP contribution < -0.4 is 5.32 Å². The third-order valence-electron chi connectivity index (χ3n) is 4.47. The highest BCUT2D eigenvalue weighted by atomic mass is 16.5. The van der Waals surface area contributed by atoms with Gasteiger partial charge in [-0.2, -0.15) is 0 Å². The van der Waals surface area contributed by atoms with Crippen molar-refractivity contribution in [2.24, 2.45) is 0 Å². The molecule has 1 atom stereocenters. The van der Waals surface area contributed by atoms with E-state index in [1.807, 2.05) is 12.5 Å². The van der Waals surface area contributed by atoms with Gasteiger partial charge in [-0.05, 0) is 12.8 Å². The molecule has 1 amide bonds.